The van der Waals surface area contributed by atoms with Gasteiger partial charge in [0.1, 0.15) is 6.33 Å². The molecule has 0 radical (unpaired) electrons. The second kappa shape index (κ2) is 9.36. The fraction of sp³-hybridized carbons (Fsp3) is 0.320. The highest BCUT2D eigenvalue weighted by Gasteiger charge is 2.22. The Hall–Kier alpha value is -3.45. The fourth-order valence-electron chi connectivity index (χ4n) is 4.29. The molecule has 2 aromatic heterocycles. The van der Waals surface area contributed by atoms with Crippen molar-refractivity contribution in [2.24, 2.45) is 0 Å². The van der Waals surface area contributed by atoms with Crippen molar-refractivity contribution in [1.82, 2.24) is 24.4 Å². The van der Waals surface area contributed by atoms with Crippen LogP contribution < -0.4 is 10.6 Å². The summed E-state index contributed by atoms with van der Waals surface area (Å²) >= 11 is 0. The van der Waals surface area contributed by atoms with E-state index in [4.69, 9.17) is 9.97 Å². The van der Waals surface area contributed by atoms with E-state index < -0.39 is 0 Å². The summed E-state index contributed by atoms with van der Waals surface area (Å²) in [5.74, 6) is 1.43. The van der Waals surface area contributed by atoms with Crippen LogP contribution in [-0.2, 0) is 6.54 Å². The summed E-state index contributed by atoms with van der Waals surface area (Å²) in [6, 6.07) is 21.3. The van der Waals surface area contributed by atoms with Crippen molar-refractivity contribution in [2.45, 2.75) is 32.4 Å². The number of nitrogens with zero attached hydrogens (tertiary/aromatic N) is 5. The summed E-state index contributed by atoms with van der Waals surface area (Å²) in [7, 11) is 0. The number of benzene rings is 2. The normalized spacial score (nSPS) is 15.2. The molecule has 7 heteroatoms. The van der Waals surface area contributed by atoms with Gasteiger partial charge in [-0.15, -0.1) is 0 Å². The molecule has 0 amide bonds. The van der Waals surface area contributed by atoms with Crippen LogP contribution in [0.15, 0.2) is 67.0 Å². The van der Waals surface area contributed by atoms with E-state index in [1.54, 1.807) is 0 Å². The van der Waals surface area contributed by atoms with Crippen LogP contribution in [0.4, 0.5) is 11.8 Å². The highest BCUT2D eigenvalue weighted by molar-refractivity contribution is 5.85. The first-order valence-electron chi connectivity index (χ1n) is 11.4. The van der Waals surface area contributed by atoms with Crippen molar-refractivity contribution in [3.8, 4) is 5.69 Å². The summed E-state index contributed by atoms with van der Waals surface area (Å²) in [5, 5.41) is 6.95. The van der Waals surface area contributed by atoms with E-state index in [-0.39, 0.29) is 0 Å². The van der Waals surface area contributed by atoms with Crippen LogP contribution in [0, 0.1) is 0 Å². The van der Waals surface area contributed by atoms with Crippen molar-refractivity contribution in [2.75, 3.05) is 30.3 Å². The molecule has 1 saturated heterocycles. The van der Waals surface area contributed by atoms with Gasteiger partial charge in [0, 0.05) is 37.9 Å². The topological polar surface area (TPSA) is 70.9 Å². The number of hydrogen-bond donors (Lipinski definition) is 2. The van der Waals surface area contributed by atoms with E-state index in [2.05, 4.69) is 69.9 Å². The first-order valence-corrected chi connectivity index (χ1v) is 11.4. The molecule has 0 spiro atoms. The minimum Gasteiger partial charge on any atom is -0.365 e. The number of para-hydroxylation sites is 1. The summed E-state index contributed by atoms with van der Waals surface area (Å²) in [5.41, 5.74) is 4.03. The molecule has 1 aliphatic heterocycles. The van der Waals surface area contributed by atoms with E-state index in [1.165, 1.54) is 5.56 Å². The van der Waals surface area contributed by atoms with E-state index in [9.17, 15) is 0 Å². The summed E-state index contributed by atoms with van der Waals surface area (Å²) in [6.45, 7) is 5.97. The van der Waals surface area contributed by atoms with Crippen molar-refractivity contribution >= 4 is 22.9 Å². The van der Waals surface area contributed by atoms with E-state index in [0.717, 1.165) is 61.7 Å². The molecule has 7 nitrogen and oxygen atoms in total. The molecule has 1 fully saturated rings. The third-order valence-corrected chi connectivity index (χ3v) is 5.94. The van der Waals surface area contributed by atoms with Crippen LogP contribution in [0.5, 0.6) is 0 Å². The van der Waals surface area contributed by atoms with Crippen LogP contribution in [-0.4, -0.2) is 50.1 Å². The van der Waals surface area contributed by atoms with Gasteiger partial charge in [0.15, 0.2) is 17.0 Å². The van der Waals surface area contributed by atoms with Gasteiger partial charge >= 0.3 is 0 Å². The SMILES string of the molecule is CCNc1nc(NC2CCN(Cc3ccccc3)CC2)c2ncn(-c3ccccc3)c2n1. The minimum absolute atomic E-state index is 0.372. The lowest BCUT2D eigenvalue weighted by Gasteiger charge is -2.32. The molecule has 5 rings (SSSR count). The van der Waals surface area contributed by atoms with Gasteiger partial charge in [0.25, 0.3) is 0 Å². The molecule has 0 aliphatic carbocycles. The van der Waals surface area contributed by atoms with Gasteiger partial charge in [-0.05, 0) is 37.5 Å². The predicted molar refractivity (Wildman–Crippen MR) is 129 cm³/mol. The number of piperidine rings is 1. The highest BCUT2D eigenvalue weighted by Crippen LogP contribution is 2.26. The lowest BCUT2D eigenvalue weighted by molar-refractivity contribution is 0.211. The zero-order valence-electron chi connectivity index (χ0n) is 18.4. The largest absolute Gasteiger partial charge is 0.365 e. The average Bonchev–Trinajstić information content (AvgIpc) is 3.26. The van der Waals surface area contributed by atoms with Gasteiger partial charge in [0.2, 0.25) is 5.95 Å². The Morgan fingerprint density at radius 2 is 1.66 bits per heavy atom. The average molecular weight is 428 g/mol. The van der Waals surface area contributed by atoms with Crippen molar-refractivity contribution in [1.29, 1.82) is 0 Å². The third-order valence-electron chi connectivity index (χ3n) is 5.94. The summed E-state index contributed by atoms with van der Waals surface area (Å²) in [6.07, 6.45) is 3.99. The van der Waals surface area contributed by atoms with Gasteiger partial charge < -0.3 is 10.6 Å². The molecule has 2 aromatic carbocycles. The highest BCUT2D eigenvalue weighted by atomic mass is 15.2. The number of hydrogen-bond acceptors (Lipinski definition) is 6. The number of nitrogens with one attached hydrogen (secondary N) is 2. The van der Waals surface area contributed by atoms with Crippen molar-refractivity contribution in [3.05, 3.63) is 72.6 Å². The third kappa shape index (κ3) is 4.43. The summed E-state index contributed by atoms with van der Waals surface area (Å²) in [4.78, 5) is 16.7. The number of aromatic nitrogens is 4. The van der Waals surface area contributed by atoms with Crippen molar-refractivity contribution in [3.63, 3.8) is 0 Å². The van der Waals surface area contributed by atoms with Gasteiger partial charge in [-0.1, -0.05) is 48.5 Å². The Labute approximate surface area is 188 Å². The molecule has 1 aliphatic rings. The quantitative estimate of drug-likeness (QED) is 0.458. The molecule has 2 N–H and O–H groups in total. The fourth-order valence-corrected chi connectivity index (χ4v) is 4.29. The molecular formula is C25H29N7. The Bertz CT molecular complexity index is 1150. The molecular weight excluding hydrogens is 398 g/mol. The van der Waals surface area contributed by atoms with Gasteiger partial charge in [-0.2, -0.15) is 9.97 Å². The van der Waals surface area contributed by atoms with Gasteiger partial charge in [-0.3, -0.25) is 9.47 Å². The van der Waals surface area contributed by atoms with Crippen LogP contribution in [0.2, 0.25) is 0 Å². The second-order valence-corrected chi connectivity index (χ2v) is 8.23. The van der Waals surface area contributed by atoms with E-state index >= 15 is 0 Å². The zero-order chi connectivity index (χ0) is 21.8. The molecule has 0 unspecified atom stereocenters. The molecule has 0 saturated carbocycles. The smallest absolute Gasteiger partial charge is 0.226 e. The number of anilines is 2. The monoisotopic (exact) mass is 427 g/mol. The first kappa shape index (κ1) is 20.5. The molecule has 32 heavy (non-hydrogen) atoms. The summed E-state index contributed by atoms with van der Waals surface area (Å²) < 4.78 is 2.02. The number of likely N-dealkylation sites (tertiary alicyclic amines) is 1. The molecule has 0 bridgehead atoms. The number of fused-ring (bicyclic) bond motifs is 1. The van der Waals surface area contributed by atoms with Crippen LogP contribution in [0.1, 0.15) is 25.3 Å². The van der Waals surface area contributed by atoms with Gasteiger partial charge in [-0.25, -0.2) is 4.98 Å². The molecule has 0 atom stereocenters. The Morgan fingerprint density at radius 1 is 0.938 bits per heavy atom. The van der Waals surface area contributed by atoms with E-state index in [1.807, 2.05) is 29.1 Å². The predicted octanol–water partition coefficient (Wildman–Crippen LogP) is 4.32. The Kier molecular flexibility index (Phi) is 5.98. The minimum atomic E-state index is 0.372. The maximum Gasteiger partial charge on any atom is 0.226 e. The Balaban J connectivity index is 1.34. The zero-order valence-corrected chi connectivity index (χ0v) is 18.4. The lowest BCUT2D eigenvalue weighted by Crippen LogP contribution is -2.38. The lowest BCUT2D eigenvalue weighted by atomic mass is 10.0. The maximum atomic E-state index is 4.76. The molecule has 4 aromatic rings. The van der Waals surface area contributed by atoms with Crippen LogP contribution in [0.25, 0.3) is 16.9 Å². The Morgan fingerprint density at radius 3 is 2.38 bits per heavy atom. The second-order valence-electron chi connectivity index (χ2n) is 8.23. The van der Waals surface area contributed by atoms with E-state index in [0.29, 0.717) is 12.0 Å². The first-order chi connectivity index (χ1) is 15.8. The molecule has 3 heterocycles. The van der Waals surface area contributed by atoms with Gasteiger partial charge in [0.05, 0.1) is 0 Å². The van der Waals surface area contributed by atoms with Crippen LogP contribution in [0.3, 0.4) is 0 Å². The number of rotatable bonds is 7. The van der Waals surface area contributed by atoms with Crippen LogP contribution >= 0.6 is 0 Å². The number of imidazole rings is 1. The standard InChI is InChI=1S/C25H29N7/c1-2-26-25-29-23(22-24(30-25)32(18-27-22)21-11-7-4-8-12-21)28-20-13-15-31(16-14-20)17-19-9-5-3-6-10-19/h3-12,18,20H,2,13-17H2,1H3,(H2,26,28,29,30). The van der Waals surface area contributed by atoms with Crippen molar-refractivity contribution < 1.29 is 0 Å². The molecule has 164 valence electrons. The maximum absolute atomic E-state index is 4.76.